The Morgan fingerprint density at radius 3 is 2.15 bits per heavy atom. The molecule has 0 bridgehead atoms. The van der Waals surface area contributed by atoms with Crippen LogP contribution in [0.15, 0.2) is 0 Å². The smallest absolute Gasteiger partial charge is 0.235 e. The summed E-state index contributed by atoms with van der Waals surface area (Å²) in [6.07, 6.45) is 6.09. The molecule has 0 spiro atoms. The molecule has 1 fully saturated rings. The number of thiocarbonyl (C=S) groups is 1. The summed E-state index contributed by atoms with van der Waals surface area (Å²) in [7, 11) is 0. The van der Waals surface area contributed by atoms with Crippen molar-refractivity contribution in [2.24, 2.45) is 17.1 Å². The first-order valence-electron chi connectivity index (χ1n) is 8.00. The molecule has 0 heterocycles. The molecule has 0 radical (unpaired) electrons. The maximum Gasteiger partial charge on any atom is 0.235 e. The molecule has 2 N–H and O–H groups in total. The lowest BCUT2D eigenvalue weighted by Gasteiger charge is -2.39. The Balaban J connectivity index is 3.03. The molecule has 0 atom stereocenters. The SMILES string of the molecule is CCC(CC)(C(=O)N(CC(C)C)C1CCCC1)C(N)=S. The van der Waals surface area contributed by atoms with Crippen LogP contribution in [0.1, 0.15) is 66.2 Å². The number of hydrogen-bond donors (Lipinski definition) is 1. The molecule has 0 unspecified atom stereocenters. The monoisotopic (exact) mass is 298 g/mol. The number of nitrogens with two attached hydrogens (primary N) is 1. The second-order valence-corrected chi connectivity index (χ2v) is 6.88. The zero-order chi connectivity index (χ0) is 15.3. The number of hydrogen-bond acceptors (Lipinski definition) is 2. The summed E-state index contributed by atoms with van der Waals surface area (Å²) in [6.45, 7) is 9.17. The van der Waals surface area contributed by atoms with Crippen LogP contribution in [0.25, 0.3) is 0 Å². The summed E-state index contributed by atoms with van der Waals surface area (Å²) in [5, 5.41) is 0. The van der Waals surface area contributed by atoms with E-state index in [4.69, 9.17) is 18.0 Å². The lowest BCUT2D eigenvalue weighted by atomic mass is 9.80. The summed E-state index contributed by atoms with van der Waals surface area (Å²) in [6, 6.07) is 0.386. The van der Waals surface area contributed by atoms with Gasteiger partial charge in [0, 0.05) is 12.6 Å². The van der Waals surface area contributed by atoms with Gasteiger partial charge in [-0.05, 0) is 31.6 Å². The third-order valence-corrected chi connectivity index (χ3v) is 5.07. The fourth-order valence-corrected chi connectivity index (χ4v) is 3.66. The molecular formula is C16H30N2OS. The normalized spacial score (nSPS) is 16.6. The van der Waals surface area contributed by atoms with Crippen molar-refractivity contribution >= 4 is 23.1 Å². The van der Waals surface area contributed by atoms with E-state index in [1.54, 1.807) is 0 Å². The predicted octanol–water partition coefficient (Wildman–Crippen LogP) is 3.51. The van der Waals surface area contributed by atoms with Crippen LogP contribution in [0.5, 0.6) is 0 Å². The fraction of sp³-hybridized carbons (Fsp3) is 0.875. The first-order valence-corrected chi connectivity index (χ1v) is 8.40. The van der Waals surface area contributed by atoms with Crippen molar-refractivity contribution in [2.45, 2.75) is 72.3 Å². The van der Waals surface area contributed by atoms with Crippen molar-refractivity contribution in [1.29, 1.82) is 0 Å². The van der Waals surface area contributed by atoms with Crippen molar-refractivity contribution in [2.75, 3.05) is 6.54 Å². The van der Waals surface area contributed by atoms with Crippen LogP contribution in [-0.2, 0) is 4.79 Å². The summed E-state index contributed by atoms with van der Waals surface area (Å²) >= 11 is 5.24. The van der Waals surface area contributed by atoms with Crippen LogP contribution in [0.4, 0.5) is 0 Å². The highest BCUT2D eigenvalue weighted by atomic mass is 32.1. The number of nitrogens with zero attached hydrogens (tertiary/aromatic N) is 1. The molecule has 1 amide bonds. The molecule has 1 rings (SSSR count). The average Bonchev–Trinajstić information content (AvgIpc) is 2.90. The van der Waals surface area contributed by atoms with Crippen LogP contribution < -0.4 is 5.73 Å². The molecule has 4 heteroatoms. The Morgan fingerprint density at radius 1 is 1.30 bits per heavy atom. The maximum absolute atomic E-state index is 13.1. The third kappa shape index (κ3) is 3.51. The largest absolute Gasteiger partial charge is 0.392 e. The summed E-state index contributed by atoms with van der Waals surface area (Å²) < 4.78 is 0. The molecule has 0 aliphatic heterocycles. The Labute approximate surface area is 129 Å². The van der Waals surface area contributed by atoms with Gasteiger partial charge in [0.25, 0.3) is 0 Å². The van der Waals surface area contributed by atoms with Crippen LogP contribution >= 0.6 is 12.2 Å². The topological polar surface area (TPSA) is 46.3 Å². The second kappa shape index (κ2) is 7.39. The Hall–Kier alpha value is -0.640. The van der Waals surface area contributed by atoms with E-state index in [0.29, 0.717) is 29.8 Å². The van der Waals surface area contributed by atoms with Gasteiger partial charge in [0.1, 0.15) is 0 Å². The van der Waals surface area contributed by atoms with E-state index in [2.05, 4.69) is 18.7 Å². The zero-order valence-electron chi connectivity index (χ0n) is 13.4. The Morgan fingerprint density at radius 2 is 1.80 bits per heavy atom. The minimum atomic E-state index is -0.646. The highest BCUT2D eigenvalue weighted by molar-refractivity contribution is 7.80. The summed E-state index contributed by atoms with van der Waals surface area (Å²) in [4.78, 5) is 15.6. The molecule has 3 nitrogen and oxygen atoms in total. The van der Waals surface area contributed by atoms with Crippen molar-refractivity contribution in [3.63, 3.8) is 0 Å². The lowest BCUT2D eigenvalue weighted by Crippen LogP contribution is -2.53. The van der Waals surface area contributed by atoms with Gasteiger partial charge in [0.15, 0.2) is 0 Å². The lowest BCUT2D eigenvalue weighted by molar-refractivity contribution is -0.141. The first-order chi connectivity index (χ1) is 9.39. The molecule has 0 aromatic carbocycles. The van der Waals surface area contributed by atoms with Crippen molar-refractivity contribution in [3.05, 3.63) is 0 Å². The van der Waals surface area contributed by atoms with Crippen molar-refractivity contribution in [1.82, 2.24) is 4.90 Å². The molecule has 0 aromatic heterocycles. The summed E-state index contributed by atoms with van der Waals surface area (Å²) in [5.41, 5.74) is 5.30. The van der Waals surface area contributed by atoms with Gasteiger partial charge in [0.05, 0.1) is 10.4 Å². The van der Waals surface area contributed by atoms with E-state index in [-0.39, 0.29) is 5.91 Å². The maximum atomic E-state index is 13.1. The quantitative estimate of drug-likeness (QED) is 0.732. The van der Waals surface area contributed by atoms with Crippen molar-refractivity contribution < 1.29 is 4.79 Å². The second-order valence-electron chi connectivity index (χ2n) is 6.44. The van der Waals surface area contributed by atoms with E-state index >= 15 is 0 Å². The Bertz CT molecular complexity index is 344. The van der Waals surface area contributed by atoms with E-state index in [1.165, 1.54) is 12.8 Å². The average molecular weight is 298 g/mol. The van der Waals surface area contributed by atoms with Gasteiger partial charge >= 0.3 is 0 Å². The van der Waals surface area contributed by atoms with Gasteiger partial charge in [-0.2, -0.15) is 0 Å². The van der Waals surface area contributed by atoms with Gasteiger partial charge in [-0.1, -0.05) is 52.8 Å². The van der Waals surface area contributed by atoms with E-state index in [0.717, 1.165) is 19.4 Å². The molecule has 0 saturated heterocycles. The van der Waals surface area contributed by atoms with Crippen LogP contribution in [0.3, 0.4) is 0 Å². The number of rotatable bonds is 7. The van der Waals surface area contributed by atoms with E-state index in [1.807, 2.05) is 13.8 Å². The predicted molar refractivity (Wildman–Crippen MR) is 88.6 cm³/mol. The first kappa shape index (κ1) is 17.4. The molecular weight excluding hydrogens is 268 g/mol. The number of carbonyl (C=O) groups excluding carboxylic acids is 1. The zero-order valence-corrected chi connectivity index (χ0v) is 14.3. The number of amides is 1. The Kier molecular flexibility index (Phi) is 6.44. The van der Waals surface area contributed by atoms with Crippen LogP contribution in [-0.4, -0.2) is 28.4 Å². The minimum Gasteiger partial charge on any atom is -0.392 e. The third-order valence-electron chi connectivity index (χ3n) is 4.68. The van der Waals surface area contributed by atoms with Gasteiger partial charge in [0.2, 0.25) is 5.91 Å². The van der Waals surface area contributed by atoms with Crippen molar-refractivity contribution in [3.8, 4) is 0 Å². The van der Waals surface area contributed by atoms with E-state index in [9.17, 15) is 4.79 Å². The molecule has 20 heavy (non-hydrogen) atoms. The molecule has 1 saturated carbocycles. The van der Waals surface area contributed by atoms with Gasteiger partial charge in [-0.25, -0.2) is 0 Å². The molecule has 0 aromatic rings. The van der Waals surface area contributed by atoms with Gasteiger partial charge in [-0.15, -0.1) is 0 Å². The summed E-state index contributed by atoms with van der Waals surface area (Å²) in [5.74, 6) is 0.632. The highest BCUT2D eigenvalue weighted by Crippen LogP contribution is 2.34. The minimum absolute atomic E-state index is 0.163. The molecule has 1 aliphatic rings. The van der Waals surface area contributed by atoms with Crippen LogP contribution in [0, 0.1) is 11.3 Å². The standard InChI is InChI=1S/C16H30N2OS/c1-5-16(6-2,14(17)20)15(19)18(11-12(3)4)13-9-7-8-10-13/h12-13H,5-11H2,1-4H3,(H2,17,20). The van der Waals surface area contributed by atoms with Gasteiger partial charge in [-0.3, -0.25) is 4.79 Å². The van der Waals surface area contributed by atoms with E-state index < -0.39 is 5.41 Å². The fourth-order valence-electron chi connectivity index (χ4n) is 3.29. The molecule has 116 valence electrons. The van der Waals surface area contributed by atoms with Gasteiger partial charge < -0.3 is 10.6 Å². The molecule has 1 aliphatic carbocycles. The number of carbonyl (C=O) groups is 1. The highest BCUT2D eigenvalue weighted by Gasteiger charge is 2.43. The van der Waals surface area contributed by atoms with Crippen LogP contribution in [0.2, 0.25) is 0 Å².